The van der Waals surface area contributed by atoms with E-state index in [1.54, 1.807) is 6.07 Å². The van der Waals surface area contributed by atoms with Crippen LogP contribution in [0.3, 0.4) is 0 Å². The van der Waals surface area contributed by atoms with E-state index in [0.29, 0.717) is 18.3 Å². The molecule has 106 valence electrons. The van der Waals surface area contributed by atoms with E-state index in [1.807, 2.05) is 0 Å². The van der Waals surface area contributed by atoms with Gasteiger partial charge in [0, 0.05) is 6.04 Å². The van der Waals surface area contributed by atoms with Gasteiger partial charge in [-0.05, 0) is 56.7 Å². The zero-order valence-electron chi connectivity index (χ0n) is 11.1. The first-order chi connectivity index (χ1) is 9.10. The standard InChI is InChI=1S/C13H20N2O3S/c1-14-19(16,17)12-7-6-11(18-12)8-15-13(9-2-3-9)10-4-5-10/h6-7,9-10,13-15H,2-5,8H2,1H3. The van der Waals surface area contributed by atoms with Crippen LogP contribution in [-0.2, 0) is 16.6 Å². The van der Waals surface area contributed by atoms with Crippen molar-refractivity contribution in [2.45, 2.75) is 43.4 Å². The lowest BCUT2D eigenvalue weighted by molar-refractivity contribution is 0.360. The second-order valence-corrected chi connectivity index (χ2v) is 7.33. The molecule has 0 bridgehead atoms. The molecule has 2 N–H and O–H groups in total. The quantitative estimate of drug-likeness (QED) is 0.795. The molecule has 2 saturated carbocycles. The smallest absolute Gasteiger partial charge is 0.273 e. The van der Waals surface area contributed by atoms with Crippen molar-refractivity contribution in [1.29, 1.82) is 0 Å². The Kier molecular flexibility index (Phi) is 3.41. The molecule has 0 radical (unpaired) electrons. The molecule has 0 spiro atoms. The van der Waals surface area contributed by atoms with Gasteiger partial charge in [-0.2, -0.15) is 0 Å². The molecule has 3 rings (SSSR count). The van der Waals surface area contributed by atoms with Gasteiger partial charge in [-0.3, -0.25) is 0 Å². The van der Waals surface area contributed by atoms with E-state index < -0.39 is 10.0 Å². The summed E-state index contributed by atoms with van der Waals surface area (Å²) in [6.45, 7) is 0.608. The van der Waals surface area contributed by atoms with E-state index in [9.17, 15) is 8.42 Å². The number of nitrogens with one attached hydrogen (secondary N) is 2. The fraction of sp³-hybridized carbons (Fsp3) is 0.692. The van der Waals surface area contributed by atoms with Crippen molar-refractivity contribution in [3.05, 3.63) is 17.9 Å². The fourth-order valence-electron chi connectivity index (χ4n) is 2.55. The monoisotopic (exact) mass is 284 g/mol. The molecule has 2 fully saturated rings. The van der Waals surface area contributed by atoms with E-state index in [-0.39, 0.29) is 5.09 Å². The summed E-state index contributed by atoms with van der Waals surface area (Å²) < 4.78 is 30.8. The van der Waals surface area contributed by atoms with E-state index in [1.165, 1.54) is 38.8 Å². The van der Waals surface area contributed by atoms with Crippen molar-refractivity contribution >= 4 is 10.0 Å². The Morgan fingerprint density at radius 2 is 1.89 bits per heavy atom. The van der Waals surface area contributed by atoms with E-state index in [4.69, 9.17) is 4.42 Å². The predicted molar refractivity (Wildman–Crippen MR) is 71.0 cm³/mol. The van der Waals surface area contributed by atoms with Crippen molar-refractivity contribution < 1.29 is 12.8 Å². The Labute approximate surface area is 113 Å². The van der Waals surface area contributed by atoms with Crippen molar-refractivity contribution in [3.8, 4) is 0 Å². The minimum absolute atomic E-state index is 0.0128. The highest BCUT2D eigenvalue weighted by Gasteiger charge is 2.41. The Morgan fingerprint density at radius 1 is 1.26 bits per heavy atom. The summed E-state index contributed by atoms with van der Waals surface area (Å²) >= 11 is 0. The van der Waals surface area contributed by atoms with E-state index in [2.05, 4.69) is 10.0 Å². The SMILES string of the molecule is CNS(=O)(=O)c1ccc(CNC(C2CC2)C2CC2)o1. The molecule has 0 amide bonds. The average Bonchev–Trinajstić information content (AvgIpc) is 3.30. The molecule has 1 aromatic rings. The van der Waals surface area contributed by atoms with Gasteiger partial charge in [-0.1, -0.05) is 0 Å². The Hall–Kier alpha value is -0.850. The zero-order valence-corrected chi connectivity index (χ0v) is 11.9. The minimum atomic E-state index is -3.47. The summed E-state index contributed by atoms with van der Waals surface area (Å²) in [6, 6.07) is 3.83. The summed E-state index contributed by atoms with van der Waals surface area (Å²) in [6.07, 6.45) is 5.30. The predicted octanol–water partition coefficient (Wildman–Crippen LogP) is 1.47. The summed E-state index contributed by atoms with van der Waals surface area (Å²) in [5.41, 5.74) is 0. The van der Waals surface area contributed by atoms with Crippen LogP contribution in [0.4, 0.5) is 0 Å². The Bertz CT molecular complexity index is 532. The number of rotatable bonds is 7. The molecule has 1 heterocycles. The molecule has 0 saturated heterocycles. The second-order valence-electron chi connectivity index (χ2n) is 5.51. The van der Waals surface area contributed by atoms with Crippen LogP contribution in [0.5, 0.6) is 0 Å². The van der Waals surface area contributed by atoms with Gasteiger partial charge in [-0.25, -0.2) is 13.1 Å². The molecule has 0 unspecified atom stereocenters. The summed E-state index contributed by atoms with van der Waals surface area (Å²) in [7, 11) is -2.09. The molecule has 0 aliphatic heterocycles. The highest BCUT2D eigenvalue weighted by atomic mass is 32.2. The highest BCUT2D eigenvalue weighted by molar-refractivity contribution is 7.89. The second kappa shape index (κ2) is 4.92. The lowest BCUT2D eigenvalue weighted by Gasteiger charge is -2.16. The third kappa shape index (κ3) is 3.01. The summed E-state index contributed by atoms with van der Waals surface area (Å²) in [5, 5.41) is 3.52. The van der Waals surface area contributed by atoms with Gasteiger partial charge in [0.1, 0.15) is 5.76 Å². The van der Waals surface area contributed by atoms with E-state index >= 15 is 0 Å². The van der Waals surface area contributed by atoms with Crippen LogP contribution in [0.15, 0.2) is 21.6 Å². The van der Waals surface area contributed by atoms with Gasteiger partial charge in [0.2, 0.25) is 5.09 Å². The maximum absolute atomic E-state index is 11.6. The van der Waals surface area contributed by atoms with Crippen molar-refractivity contribution in [3.63, 3.8) is 0 Å². The third-order valence-corrected chi connectivity index (χ3v) is 5.23. The lowest BCUT2D eigenvalue weighted by Crippen LogP contribution is -2.32. The molecule has 0 aromatic carbocycles. The molecule has 6 heteroatoms. The van der Waals surface area contributed by atoms with Gasteiger partial charge in [0.25, 0.3) is 10.0 Å². The van der Waals surface area contributed by atoms with E-state index in [0.717, 1.165) is 11.8 Å². The number of furan rings is 1. The highest BCUT2D eigenvalue weighted by Crippen LogP contribution is 2.44. The van der Waals surface area contributed by atoms with Gasteiger partial charge in [0.05, 0.1) is 6.54 Å². The van der Waals surface area contributed by atoms with Crippen LogP contribution in [0, 0.1) is 11.8 Å². The van der Waals surface area contributed by atoms with Gasteiger partial charge >= 0.3 is 0 Å². The number of hydrogen-bond donors (Lipinski definition) is 2. The Balaban J connectivity index is 1.60. The number of hydrogen-bond acceptors (Lipinski definition) is 4. The zero-order chi connectivity index (χ0) is 13.5. The van der Waals surface area contributed by atoms with Crippen molar-refractivity contribution in [2.75, 3.05) is 7.05 Å². The van der Waals surface area contributed by atoms with Crippen LogP contribution in [0.25, 0.3) is 0 Å². The third-order valence-electron chi connectivity index (χ3n) is 3.94. The van der Waals surface area contributed by atoms with Crippen molar-refractivity contribution in [1.82, 2.24) is 10.0 Å². The van der Waals surface area contributed by atoms with Gasteiger partial charge < -0.3 is 9.73 Å². The fourth-order valence-corrected chi connectivity index (χ4v) is 3.21. The normalized spacial score (nSPS) is 20.1. The lowest BCUT2D eigenvalue weighted by atomic mass is 10.1. The summed E-state index contributed by atoms with van der Waals surface area (Å²) in [4.78, 5) is 0. The minimum Gasteiger partial charge on any atom is -0.447 e. The maximum Gasteiger partial charge on any atom is 0.273 e. The molecule has 2 aliphatic rings. The van der Waals surface area contributed by atoms with Crippen LogP contribution in [-0.4, -0.2) is 21.5 Å². The van der Waals surface area contributed by atoms with Crippen LogP contribution in [0.1, 0.15) is 31.4 Å². The van der Waals surface area contributed by atoms with Crippen molar-refractivity contribution in [2.24, 2.45) is 11.8 Å². The molecule has 2 aliphatic carbocycles. The van der Waals surface area contributed by atoms with Crippen LogP contribution in [0.2, 0.25) is 0 Å². The summed E-state index contributed by atoms with van der Waals surface area (Å²) in [5.74, 6) is 2.33. The maximum atomic E-state index is 11.6. The van der Waals surface area contributed by atoms with Crippen LogP contribution >= 0.6 is 0 Å². The molecule has 1 aromatic heterocycles. The first-order valence-corrected chi connectivity index (χ1v) is 8.34. The molecule has 19 heavy (non-hydrogen) atoms. The first kappa shape index (κ1) is 13.1. The Morgan fingerprint density at radius 3 is 2.42 bits per heavy atom. The van der Waals surface area contributed by atoms with Crippen LogP contribution < -0.4 is 10.0 Å². The molecular weight excluding hydrogens is 264 g/mol. The van der Waals surface area contributed by atoms with Gasteiger partial charge in [-0.15, -0.1) is 0 Å². The molecular formula is C13H20N2O3S. The number of sulfonamides is 1. The topological polar surface area (TPSA) is 71.3 Å². The average molecular weight is 284 g/mol. The van der Waals surface area contributed by atoms with Gasteiger partial charge in [0.15, 0.2) is 0 Å². The largest absolute Gasteiger partial charge is 0.447 e. The molecule has 0 atom stereocenters. The first-order valence-electron chi connectivity index (χ1n) is 6.86. The molecule has 5 nitrogen and oxygen atoms in total.